The summed E-state index contributed by atoms with van der Waals surface area (Å²) in [5.41, 5.74) is -0.677. The molecule has 1 aromatic carbocycles. The number of hydrogen-bond acceptors (Lipinski definition) is 4. The lowest BCUT2D eigenvalue weighted by molar-refractivity contribution is 0.0600. The molecule has 21 heavy (non-hydrogen) atoms. The Morgan fingerprint density at radius 3 is 2.43 bits per heavy atom. The number of hydrogen-bond donors (Lipinski definition) is 2. The topological polar surface area (TPSA) is 94.9 Å². The molecular formula is C14H21NO5S. The normalized spacial score (nSPS) is 12.6. The summed E-state index contributed by atoms with van der Waals surface area (Å²) in [5, 5.41) is 18.7. The molecule has 0 unspecified atom stereocenters. The van der Waals surface area contributed by atoms with Crippen LogP contribution in [0.5, 0.6) is 0 Å². The van der Waals surface area contributed by atoms with Crippen LogP contribution in [0, 0.1) is 0 Å². The van der Waals surface area contributed by atoms with Gasteiger partial charge in [0.25, 0.3) is 0 Å². The van der Waals surface area contributed by atoms with Crippen molar-refractivity contribution in [2.24, 2.45) is 0 Å². The minimum Gasteiger partial charge on any atom is -0.478 e. The van der Waals surface area contributed by atoms with Gasteiger partial charge >= 0.3 is 5.97 Å². The zero-order valence-electron chi connectivity index (χ0n) is 12.4. The Morgan fingerprint density at radius 2 is 1.95 bits per heavy atom. The van der Waals surface area contributed by atoms with Gasteiger partial charge in [0.05, 0.1) is 16.9 Å². The predicted octanol–water partition coefficient (Wildman–Crippen LogP) is 1.31. The van der Waals surface area contributed by atoms with E-state index in [1.165, 1.54) is 36.4 Å². The summed E-state index contributed by atoms with van der Waals surface area (Å²) in [6, 6.07) is 5.84. The number of carboxylic acids is 1. The van der Waals surface area contributed by atoms with Gasteiger partial charge in [-0.25, -0.2) is 13.2 Å². The lowest BCUT2D eigenvalue weighted by Gasteiger charge is -2.27. The summed E-state index contributed by atoms with van der Waals surface area (Å²) in [6.45, 7) is 5.00. The molecule has 6 nitrogen and oxygen atoms in total. The van der Waals surface area contributed by atoms with E-state index >= 15 is 0 Å². The standard InChI is InChI=1S/C14H21NO5S/c1-4-15(10-14(2,3)18)21(19,20)9-11-6-5-7-12(8-11)13(16)17/h5-8,18H,4,9-10H2,1-3H3,(H,16,17). The van der Waals surface area contributed by atoms with Crippen LogP contribution in [-0.4, -0.2) is 47.6 Å². The highest BCUT2D eigenvalue weighted by Crippen LogP contribution is 2.15. The van der Waals surface area contributed by atoms with Crippen molar-refractivity contribution in [3.05, 3.63) is 35.4 Å². The average molecular weight is 315 g/mol. The highest BCUT2D eigenvalue weighted by atomic mass is 32.2. The number of sulfonamides is 1. The first-order valence-electron chi connectivity index (χ1n) is 6.57. The van der Waals surface area contributed by atoms with E-state index in [-0.39, 0.29) is 24.4 Å². The third-order valence-corrected chi connectivity index (χ3v) is 4.70. The van der Waals surface area contributed by atoms with Crippen LogP contribution in [0.25, 0.3) is 0 Å². The van der Waals surface area contributed by atoms with Crippen molar-refractivity contribution in [1.29, 1.82) is 0 Å². The van der Waals surface area contributed by atoms with E-state index in [4.69, 9.17) is 5.11 Å². The summed E-state index contributed by atoms with van der Waals surface area (Å²) in [5.74, 6) is -1.39. The molecule has 0 heterocycles. The first kappa shape index (κ1) is 17.6. The van der Waals surface area contributed by atoms with Crippen molar-refractivity contribution in [2.45, 2.75) is 32.1 Å². The molecule has 0 radical (unpaired) electrons. The van der Waals surface area contributed by atoms with Crippen LogP contribution in [0.15, 0.2) is 24.3 Å². The van der Waals surface area contributed by atoms with E-state index in [1.807, 2.05) is 0 Å². The lowest BCUT2D eigenvalue weighted by atomic mass is 10.1. The Hall–Kier alpha value is -1.44. The van der Waals surface area contributed by atoms with Crippen LogP contribution in [-0.2, 0) is 15.8 Å². The molecule has 118 valence electrons. The van der Waals surface area contributed by atoms with Crippen molar-refractivity contribution in [3.63, 3.8) is 0 Å². The van der Waals surface area contributed by atoms with Gasteiger partial charge in [0.2, 0.25) is 10.0 Å². The van der Waals surface area contributed by atoms with Gasteiger partial charge in [-0.05, 0) is 31.5 Å². The molecule has 1 rings (SSSR count). The first-order chi connectivity index (χ1) is 9.55. The van der Waals surface area contributed by atoms with Crippen LogP contribution in [0.2, 0.25) is 0 Å². The summed E-state index contributed by atoms with van der Waals surface area (Å²) in [7, 11) is -3.62. The van der Waals surface area contributed by atoms with Crippen LogP contribution in [0.1, 0.15) is 36.7 Å². The first-order valence-corrected chi connectivity index (χ1v) is 8.18. The molecule has 0 saturated carbocycles. The fourth-order valence-corrected chi connectivity index (χ4v) is 3.62. The predicted molar refractivity (Wildman–Crippen MR) is 79.6 cm³/mol. The molecule has 0 aliphatic rings. The second-order valence-corrected chi connectivity index (χ2v) is 7.47. The van der Waals surface area contributed by atoms with Crippen molar-refractivity contribution < 1.29 is 23.4 Å². The highest BCUT2D eigenvalue weighted by molar-refractivity contribution is 7.88. The van der Waals surface area contributed by atoms with Gasteiger partial charge in [-0.2, -0.15) is 4.31 Å². The maximum atomic E-state index is 12.4. The molecule has 7 heteroatoms. The molecule has 1 aromatic rings. The molecule has 0 saturated heterocycles. The zero-order valence-corrected chi connectivity index (χ0v) is 13.2. The number of aliphatic hydroxyl groups is 1. The van der Waals surface area contributed by atoms with Gasteiger partial charge in [-0.1, -0.05) is 19.1 Å². The quantitative estimate of drug-likeness (QED) is 0.791. The van der Waals surface area contributed by atoms with E-state index in [1.54, 1.807) is 13.0 Å². The number of carbonyl (C=O) groups is 1. The van der Waals surface area contributed by atoms with Gasteiger partial charge in [-0.15, -0.1) is 0 Å². The molecule has 0 atom stereocenters. The maximum absolute atomic E-state index is 12.4. The third kappa shape index (κ3) is 5.45. The van der Waals surface area contributed by atoms with Crippen molar-refractivity contribution >= 4 is 16.0 Å². The molecule has 2 N–H and O–H groups in total. The Bertz CT molecular complexity index is 604. The summed E-state index contributed by atoms with van der Waals surface area (Å²) in [4.78, 5) is 10.9. The molecule has 0 amide bonds. The van der Waals surface area contributed by atoms with E-state index in [9.17, 15) is 18.3 Å². The largest absolute Gasteiger partial charge is 0.478 e. The lowest BCUT2D eigenvalue weighted by Crippen LogP contribution is -2.42. The Kier molecular flexibility index (Phi) is 5.49. The van der Waals surface area contributed by atoms with Crippen LogP contribution >= 0.6 is 0 Å². The minimum absolute atomic E-state index is 0.00947. The fraction of sp³-hybridized carbons (Fsp3) is 0.500. The van der Waals surface area contributed by atoms with Crippen molar-refractivity contribution in [3.8, 4) is 0 Å². The average Bonchev–Trinajstić information content (AvgIpc) is 2.34. The number of carboxylic acid groups (broad SMARTS) is 1. The maximum Gasteiger partial charge on any atom is 0.335 e. The van der Waals surface area contributed by atoms with Gasteiger partial charge in [-0.3, -0.25) is 0 Å². The highest BCUT2D eigenvalue weighted by Gasteiger charge is 2.27. The van der Waals surface area contributed by atoms with Crippen molar-refractivity contribution in [1.82, 2.24) is 4.31 Å². The molecule has 0 spiro atoms. The zero-order chi connectivity index (χ0) is 16.3. The molecule has 0 bridgehead atoms. The Morgan fingerprint density at radius 1 is 1.33 bits per heavy atom. The van der Waals surface area contributed by atoms with Gasteiger partial charge in [0.15, 0.2) is 0 Å². The number of aromatic carboxylic acids is 1. The minimum atomic E-state index is -3.62. The van der Waals surface area contributed by atoms with Crippen LogP contribution in [0.3, 0.4) is 0 Å². The third-order valence-electron chi connectivity index (χ3n) is 2.83. The molecule has 0 aliphatic heterocycles. The van der Waals surface area contributed by atoms with E-state index in [0.29, 0.717) is 5.56 Å². The van der Waals surface area contributed by atoms with Gasteiger partial charge < -0.3 is 10.2 Å². The number of benzene rings is 1. The van der Waals surface area contributed by atoms with Crippen molar-refractivity contribution in [2.75, 3.05) is 13.1 Å². The van der Waals surface area contributed by atoms with Crippen LogP contribution in [0.4, 0.5) is 0 Å². The van der Waals surface area contributed by atoms with Gasteiger partial charge in [0.1, 0.15) is 0 Å². The Balaban J connectivity index is 2.98. The van der Waals surface area contributed by atoms with Gasteiger partial charge in [0, 0.05) is 13.1 Å². The van der Waals surface area contributed by atoms with E-state index < -0.39 is 21.6 Å². The van der Waals surface area contributed by atoms with E-state index in [2.05, 4.69) is 0 Å². The number of likely N-dealkylation sites (N-methyl/N-ethyl adjacent to an activating group) is 1. The summed E-state index contributed by atoms with van der Waals surface area (Å²) < 4.78 is 25.9. The second-order valence-electron chi connectivity index (χ2n) is 5.50. The number of nitrogens with zero attached hydrogens (tertiary/aromatic N) is 1. The molecule has 0 aliphatic carbocycles. The monoisotopic (exact) mass is 315 g/mol. The molecular weight excluding hydrogens is 294 g/mol. The molecule has 0 aromatic heterocycles. The Labute approximate surface area is 125 Å². The van der Waals surface area contributed by atoms with E-state index in [0.717, 1.165) is 0 Å². The number of rotatable bonds is 7. The van der Waals surface area contributed by atoms with Crippen LogP contribution < -0.4 is 0 Å². The summed E-state index contributed by atoms with van der Waals surface area (Å²) >= 11 is 0. The smallest absolute Gasteiger partial charge is 0.335 e. The second kappa shape index (κ2) is 6.55. The SMILES string of the molecule is CCN(CC(C)(C)O)S(=O)(=O)Cc1cccc(C(=O)O)c1. The summed E-state index contributed by atoms with van der Waals surface area (Å²) in [6.07, 6.45) is 0. The molecule has 0 fully saturated rings. The fourth-order valence-electron chi connectivity index (χ4n) is 1.93.